The van der Waals surface area contributed by atoms with Gasteiger partial charge >= 0.3 is 0 Å². The molecular weight excluding hydrogens is 356 g/mol. The molecule has 3 heterocycles. The van der Waals surface area contributed by atoms with Gasteiger partial charge in [-0.3, -0.25) is 9.59 Å². The lowest BCUT2D eigenvalue weighted by atomic mass is 9.92. The summed E-state index contributed by atoms with van der Waals surface area (Å²) >= 11 is 0. The first kappa shape index (κ1) is 19.7. The topological polar surface area (TPSA) is 74.2 Å². The third-order valence-corrected chi connectivity index (χ3v) is 6.75. The molecule has 0 bridgehead atoms. The summed E-state index contributed by atoms with van der Waals surface area (Å²) in [5.74, 6) is 0.876. The van der Waals surface area contributed by atoms with Crippen molar-refractivity contribution in [2.75, 3.05) is 26.2 Å². The Morgan fingerprint density at radius 2 is 1.71 bits per heavy atom. The molecule has 7 nitrogen and oxygen atoms in total. The molecule has 28 heavy (non-hydrogen) atoms. The highest BCUT2D eigenvalue weighted by atomic mass is 16.6. The van der Waals surface area contributed by atoms with E-state index in [1.54, 1.807) is 0 Å². The van der Waals surface area contributed by atoms with Crippen molar-refractivity contribution < 1.29 is 14.4 Å². The van der Waals surface area contributed by atoms with E-state index < -0.39 is 6.10 Å². The van der Waals surface area contributed by atoms with Crippen LogP contribution in [-0.2, 0) is 14.4 Å². The van der Waals surface area contributed by atoms with E-state index in [0.717, 1.165) is 70.4 Å². The minimum atomic E-state index is -0.422. The van der Waals surface area contributed by atoms with Crippen LogP contribution in [0.3, 0.4) is 0 Å². The van der Waals surface area contributed by atoms with Gasteiger partial charge in [0, 0.05) is 37.5 Å². The molecule has 2 amide bonds. The van der Waals surface area contributed by atoms with Crippen molar-refractivity contribution in [2.24, 2.45) is 17.0 Å². The third kappa shape index (κ3) is 4.50. The number of piperidine rings is 2. The standard InChI is InChI=1S/C21H34N4O3/c1-14(2)18-13-19(28-23-18)21(27)25-11-7-17(8-12-25)24-9-5-15(6-10-24)20(26)22-16-3-4-16/h14-17,19H,3-13H2,1-2H3,(H,22,26). The molecule has 0 aromatic heterocycles. The first-order valence-electron chi connectivity index (χ1n) is 11.1. The lowest BCUT2D eigenvalue weighted by Crippen LogP contribution is -2.51. The molecule has 4 rings (SSSR count). The summed E-state index contributed by atoms with van der Waals surface area (Å²) in [4.78, 5) is 34.9. The molecule has 0 radical (unpaired) electrons. The van der Waals surface area contributed by atoms with Crippen LogP contribution < -0.4 is 5.32 Å². The van der Waals surface area contributed by atoms with Gasteiger partial charge in [-0.05, 0) is 57.5 Å². The Kier molecular flexibility index (Phi) is 5.90. The van der Waals surface area contributed by atoms with Gasteiger partial charge in [0.05, 0.1) is 5.71 Å². The maximum Gasteiger partial charge on any atom is 0.266 e. The monoisotopic (exact) mass is 390 g/mol. The van der Waals surface area contributed by atoms with Gasteiger partial charge in [0.2, 0.25) is 12.0 Å². The molecule has 3 aliphatic heterocycles. The summed E-state index contributed by atoms with van der Waals surface area (Å²) in [6, 6.07) is 0.988. The summed E-state index contributed by atoms with van der Waals surface area (Å²) in [6.07, 6.45) is 6.45. The molecule has 156 valence electrons. The molecule has 1 N–H and O–H groups in total. The Bertz CT molecular complexity index is 615. The van der Waals surface area contributed by atoms with Crippen molar-refractivity contribution in [3.8, 4) is 0 Å². The summed E-state index contributed by atoms with van der Waals surface area (Å²) in [5.41, 5.74) is 0.988. The fourth-order valence-electron chi connectivity index (χ4n) is 4.60. The van der Waals surface area contributed by atoms with Crippen LogP contribution in [-0.4, -0.2) is 71.7 Å². The Hall–Kier alpha value is -1.63. The number of carbonyl (C=O) groups is 2. The lowest BCUT2D eigenvalue weighted by molar-refractivity contribution is -0.144. The van der Waals surface area contributed by atoms with E-state index >= 15 is 0 Å². The van der Waals surface area contributed by atoms with Gasteiger partial charge in [-0.1, -0.05) is 19.0 Å². The number of hydrogen-bond donors (Lipinski definition) is 1. The molecule has 1 atom stereocenters. The highest BCUT2D eigenvalue weighted by molar-refractivity contribution is 5.93. The highest BCUT2D eigenvalue weighted by Crippen LogP contribution is 2.27. The minimum absolute atomic E-state index is 0.0910. The fourth-order valence-corrected chi connectivity index (χ4v) is 4.60. The van der Waals surface area contributed by atoms with Gasteiger partial charge in [0.25, 0.3) is 5.91 Å². The zero-order valence-corrected chi connectivity index (χ0v) is 17.2. The van der Waals surface area contributed by atoms with Crippen LogP contribution in [0, 0.1) is 11.8 Å². The van der Waals surface area contributed by atoms with E-state index in [1.165, 1.54) is 0 Å². The summed E-state index contributed by atoms with van der Waals surface area (Å²) < 4.78 is 0. The summed E-state index contributed by atoms with van der Waals surface area (Å²) in [6.45, 7) is 7.75. The zero-order chi connectivity index (χ0) is 19.7. The van der Waals surface area contributed by atoms with Gasteiger partial charge in [-0.25, -0.2) is 0 Å². The number of rotatable bonds is 5. The van der Waals surface area contributed by atoms with E-state index in [2.05, 4.69) is 29.2 Å². The van der Waals surface area contributed by atoms with E-state index in [9.17, 15) is 9.59 Å². The van der Waals surface area contributed by atoms with Gasteiger partial charge in [0.15, 0.2) is 0 Å². The fraction of sp³-hybridized carbons (Fsp3) is 0.857. The smallest absolute Gasteiger partial charge is 0.266 e. The van der Waals surface area contributed by atoms with E-state index in [1.807, 2.05) is 4.90 Å². The summed E-state index contributed by atoms with van der Waals surface area (Å²) in [5, 5.41) is 7.24. The van der Waals surface area contributed by atoms with Crippen molar-refractivity contribution in [3.63, 3.8) is 0 Å². The van der Waals surface area contributed by atoms with Crippen LogP contribution in [0.1, 0.15) is 58.8 Å². The van der Waals surface area contributed by atoms with E-state index in [4.69, 9.17) is 4.84 Å². The second kappa shape index (κ2) is 8.39. The van der Waals surface area contributed by atoms with Crippen molar-refractivity contribution >= 4 is 17.5 Å². The van der Waals surface area contributed by atoms with Crippen molar-refractivity contribution in [3.05, 3.63) is 0 Å². The SMILES string of the molecule is CC(C)C1=NOC(C(=O)N2CCC(N3CCC(C(=O)NC4CC4)CC3)CC2)C1. The number of nitrogens with zero attached hydrogens (tertiary/aromatic N) is 3. The van der Waals surface area contributed by atoms with Crippen LogP contribution in [0.15, 0.2) is 5.16 Å². The van der Waals surface area contributed by atoms with Crippen molar-refractivity contribution in [1.82, 2.24) is 15.1 Å². The minimum Gasteiger partial charge on any atom is -0.382 e. The largest absolute Gasteiger partial charge is 0.382 e. The molecule has 0 aromatic rings. The average Bonchev–Trinajstić information content (AvgIpc) is 3.38. The number of nitrogens with one attached hydrogen (secondary N) is 1. The van der Waals surface area contributed by atoms with Crippen LogP contribution >= 0.6 is 0 Å². The van der Waals surface area contributed by atoms with Crippen LogP contribution in [0.4, 0.5) is 0 Å². The lowest BCUT2D eigenvalue weighted by Gasteiger charge is -2.41. The van der Waals surface area contributed by atoms with Crippen molar-refractivity contribution in [1.29, 1.82) is 0 Å². The second-order valence-electron chi connectivity index (χ2n) is 9.19. The number of hydrogen-bond acceptors (Lipinski definition) is 5. The van der Waals surface area contributed by atoms with Gasteiger partial charge in [-0.15, -0.1) is 0 Å². The Morgan fingerprint density at radius 3 is 2.29 bits per heavy atom. The van der Waals surface area contributed by atoms with Crippen molar-refractivity contribution in [2.45, 2.75) is 77.0 Å². The van der Waals surface area contributed by atoms with Gasteiger partial charge < -0.3 is 20.0 Å². The number of likely N-dealkylation sites (tertiary alicyclic amines) is 2. The first-order valence-corrected chi connectivity index (χ1v) is 11.1. The number of oxime groups is 1. The molecule has 4 aliphatic rings. The maximum atomic E-state index is 12.7. The highest BCUT2D eigenvalue weighted by Gasteiger charge is 2.36. The quantitative estimate of drug-likeness (QED) is 0.776. The molecule has 3 fully saturated rings. The van der Waals surface area contributed by atoms with Crippen LogP contribution in [0.2, 0.25) is 0 Å². The predicted octanol–water partition coefficient (Wildman–Crippen LogP) is 1.77. The molecule has 0 aromatic carbocycles. The molecule has 1 aliphatic carbocycles. The van der Waals surface area contributed by atoms with E-state index in [-0.39, 0.29) is 17.7 Å². The molecule has 7 heteroatoms. The second-order valence-corrected chi connectivity index (χ2v) is 9.19. The normalized spacial score (nSPS) is 27.6. The predicted molar refractivity (Wildman–Crippen MR) is 107 cm³/mol. The summed E-state index contributed by atoms with van der Waals surface area (Å²) in [7, 11) is 0. The molecular formula is C21H34N4O3. The molecule has 1 saturated carbocycles. The molecule has 1 unspecified atom stereocenters. The first-order chi connectivity index (χ1) is 13.5. The Labute approximate surface area is 167 Å². The number of carbonyl (C=O) groups excluding carboxylic acids is 2. The average molecular weight is 391 g/mol. The molecule has 2 saturated heterocycles. The maximum absolute atomic E-state index is 12.7. The van der Waals surface area contributed by atoms with Gasteiger partial charge in [-0.2, -0.15) is 0 Å². The third-order valence-electron chi connectivity index (χ3n) is 6.75. The molecule has 0 spiro atoms. The van der Waals surface area contributed by atoms with E-state index in [0.29, 0.717) is 24.4 Å². The van der Waals surface area contributed by atoms with Crippen LogP contribution in [0.25, 0.3) is 0 Å². The number of amides is 2. The Balaban J connectivity index is 1.18. The van der Waals surface area contributed by atoms with Crippen LogP contribution in [0.5, 0.6) is 0 Å². The zero-order valence-electron chi connectivity index (χ0n) is 17.2. The Morgan fingerprint density at radius 1 is 1.04 bits per heavy atom. The van der Waals surface area contributed by atoms with Gasteiger partial charge in [0.1, 0.15) is 0 Å².